The predicted molar refractivity (Wildman–Crippen MR) is 82.0 cm³/mol. The first-order valence-electron chi connectivity index (χ1n) is 6.93. The van der Waals surface area contributed by atoms with Crippen LogP contribution in [-0.2, 0) is 11.2 Å². The molecule has 0 N–H and O–H groups in total. The van der Waals surface area contributed by atoms with Crippen molar-refractivity contribution < 1.29 is 14.3 Å². The van der Waals surface area contributed by atoms with Gasteiger partial charge in [-0.25, -0.2) is 0 Å². The van der Waals surface area contributed by atoms with Crippen LogP contribution < -0.4 is 9.47 Å². The zero-order chi connectivity index (χ0) is 15.1. The van der Waals surface area contributed by atoms with Crippen molar-refractivity contribution in [2.24, 2.45) is 5.92 Å². The van der Waals surface area contributed by atoms with Crippen LogP contribution in [0.1, 0.15) is 38.7 Å². The molecule has 1 aromatic rings. The molecular weight excluding hydrogens is 276 g/mol. The van der Waals surface area contributed by atoms with Crippen molar-refractivity contribution in [3.05, 3.63) is 22.7 Å². The minimum Gasteiger partial charge on any atom is -0.496 e. The lowest BCUT2D eigenvalue weighted by Crippen LogP contribution is -2.08. The Morgan fingerprint density at radius 2 is 1.90 bits per heavy atom. The topological polar surface area (TPSA) is 35.5 Å². The van der Waals surface area contributed by atoms with Gasteiger partial charge < -0.3 is 9.47 Å². The lowest BCUT2D eigenvalue weighted by molar-refractivity contribution is -0.119. The summed E-state index contributed by atoms with van der Waals surface area (Å²) in [6, 6.07) is 3.65. The summed E-state index contributed by atoms with van der Waals surface area (Å²) < 4.78 is 10.6. The van der Waals surface area contributed by atoms with Crippen LogP contribution in [0.3, 0.4) is 0 Å². The Bertz CT molecular complexity index is 457. The Balaban J connectivity index is 2.80. The van der Waals surface area contributed by atoms with Gasteiger partial charge in [0, 0.05) is 18.9 Å². The van der Waals surface area contributed by atoms with Crippen LogP contribution in [-0.4, -0.2) is 20.0 Å². The summed E-state index contributed by atoms with van der Waals surface area (Å²) in [6.07, 6.45) is 2.93. The largest absolute Gasteiger partial charge is 0.496 e. The maximum Gasteiger partial charge on any atom is 0.141 e. The molecule has 0 amide bonds. The first-order valence-corrected chi connectivity index (χ1v) is 7.31. The maximum atomic E-state index is 11.7. The molecule has 0 heterocycles. The van der Waals surface area contributed by atoms with Gasteiger partial charge in [-0.3, -0.25) is 4.79 Å². The summed E-state index contributed by atoms with van der Waals surface area (Å²) in [5, 5.41) is 0.565. The Morgan fingerprint density at radius 1 is 1.25 bits per heavy atom. The van der Waals surface area contributed by atoms with Gasteiger partial charge in [-0.05, 0) is 30.4 Å². The molecule has 3 nitrogen and oxygen atoms in total. The van der Waals surface area contributed by atoms with E-state index in [0.717, 1.165) is 24.2 Å². The van der Waals surface area contributed by atoms with Gasteiger partial charge >= 0.3 is 0 Å². The van der Waals surface area contributed by atoms with E-state index >= 15 is 0 Å². The molecule has 0 fully saturated rings. The monoisotopic (exact) mass is 298 g/mol. The van der Waals surface area contributed by atoms with Crippen molar-refractivity contribution in [1.82, 2.24) is 0 Å². The summed E-state index contributed by atoms with van der Waals surface area (Å²) in [7, 11) is 3.20. The second kappa shape index (κ2) is 8.15. The number of rotatable bonds is 8. The van der Waals surface area contributed by atoms with E-state index < -0.39 is 0 Å². The number of hydrogen-bond donors (Lipinski definition) is 0. The van der Waals surface area contributed by atoms with Crippen LogP contribution in [0.2, 0.25) is 5.02 Å². The standard InChI is InChI=1S/C16H23ClO3/c1-5-6-13(18)8-11(2)7-12-9-14(17)16(20-4)10-15(12)19-3/h9-11H,5-8H2,1-4H3. The van der Waals surface area contributed by atoms with Gasteiger partial charge in [-0.2, -0.15) is 0 Å². The van der Waals surface area contributed by atoms with Crippen LogP contribution in [0.4, 0.5) is 0 Å². The predicted octanol–water partition coefficient (Wildman–Crippen LogP) is 4.30. The third-order valence-corrected chi connectivity index (χ3v) is 3.52. The molecule has 0 saturated carbocycles. The third kappa shape index (κ3) is 4.71. The van der Waals surface area contributed by atoms with Crippen molar-refractivity contribution in [2.75, 3.05) is 14.2 Å². The molecule has 4 heteroatoms. The Labute approximate surface area is 126 Å². The molecule has 1 unspecified atom stereocenters. The average molecular weight is 299 g/mol. The molecule has 20 heavy (non-hydrogen) atoms. The van der Waals surface area contributed by atoms with Crippen molar-refractivity contribution >= 4 is 17.4 Å². The van der Waals surface area contributed by atoms with Gasteiger partial charge in [0.2, 0.25) is 0 Å². The van der Waals surface area contributed by atoms with E-state index in [0.29, 0.717) is 29.4 Å². The quantitative estimate of drug-likeness (QED) is 0.718. The zero-order valence-corrected chi connectivity index (χ0v) is 13.4. The molecule has 0 radical (unpaired) electrons. The van der Waals surface area contributed by atoms with E-state index in [1.807, 2.05) is 13.0 Å². The molecule has 0 aliphatic carbocycles. The number of carbonyl (C=O) groups is 1. The summed E-state index contributed by atoms with van der Waals surface area (Å²) in [5.74, 6) is 1.94. The second-order valence-electron chi connectivity index (χ2n) is 5.10. The number of benzene rings is 1. The number of carbonyl (C=O) groups excluding carboxylic acids is 1. The Hall–Kier alpha value is -1.22. The first-order chi connectivity index (χ1) is 9.51. The normalized spacial score (nSPS) is 12.1. The van der Waals surface area contributed by atoms with E-state index in [9.17, 15) is 4.79 Å². The number of ether oxygens (including phenoxy) is 2. The van der Waals surface area contributed by atoms with Gasteiger partial charge in [-0.1, -0.05) is 25.4 Å². The minimum absolute atomic E-state index is 0.271. The second-order valence-corrected chi connectivity index (χ2v) is 5.51. The van der Waals surface area contributed by atoms with Crippen LogP contribution in [0, 0.1) is 5.92 Å². The zero-order valence-electron chi connectivity index (χ0n) is 12.7. The maximum absolute atomic E-state index is 11.7. The van der Waals surface area contributed by atoms with E-state index in [4.69, 9.17) is 21.1 Å². The van der Waals surface area contributed by atoms with E-state index in [-0.39, 0.29) is 5.92 Å². The first kappa shape index (κ1) is 16.8. The summed E-state index contributed by atoms with van der Waals surface area (Å²) in [4.78, 5) is 11.7. The fourth-order valence-electron chi connectivity index (χ4n) is 2.30. The highest BCUT2D eigenvalue weighted by atomic mass is 35.5. The van der Waals surface area contributed by atoms with Crippen LogP contribution >= 0.6 is 11.6 Å². The molecule has 0 aliphatic heterocycles. The Morgan fingerprint density at radius 3 is 2.45 bits per heavy atom. The highest BCUT2D eigenvalue weighted by molar-refractivity contribution is 6.32. The van der Waals surface area contributed by atoms with Gasteiger partial charge in [0.05, 0.1) is 19.2 Å². The van der Waals surface area contributed by atoms with Crippen LogP contribution in [0.25, 0.3) is 0 Å². The van der Waals surface area contributed by atoms with Gasteiger partial charge in [0.25, 0.3) is 0 Å². The van der Waals surface area contributed by atoms with Gasteiger partial charge in [0.1, 0.15) is 17.3 Å². The summed E-state index contributed by atoms with van der Waals surface area (Å²) in [5.41, 5.74) is 1.01. The lowest BCUT2D eigenvalue weighted by atomic mass is 9.94. The number of methoxy groups -OCH3 is 2. The third-order valence-electron chi connectivity index (χ3n) is 3.23. The van der Waals surface area contributed by atoms with E-state index in [1.165, 1.54) is 0 Å². The Kier molecular flexibility index (Phi) is 6.86. The minimum atomic E-state index is 0.271. The van der Waals surface area contributed by atoms with E-state index in [2.05, 4.69) is 6.92 Å². The SMILES string of the molecule is CCCC(=O)CC(C)Cc1cc(Cl)c(OC)cc1OC. The molecule has 0 bridgehead atoms. The smallest absolute Gasteiger partial charge is 0.141 e. The number of ketones is 1. The fraction of sp³-hybridized carbons (Fsp3) is 0.562. The molecule has 0 aromatic heterocycles. The van der Waals surface area contributed by atoms with Crippen molar-refractivity contribution in [1.29, 1.82) is 0 Å². The molecule has 1 rings (SSSR count). The molecule has 1 atom stereocenters. The average Bonchev–Trinajstić information content (AvgIpc) is 2.39. The number of hydrogen-bond acceptors (Lipinski definition) is 3. The van der Waals surface area contributed by atoms with Gasteiger partial charge in [-0.15, -0.1) is 0 Å². The summed E-state index contributed by atoms with van der Waals surface area (Å²) in [6.45, 7) is 4.10. The highest BCUT2D eigenvalue weighted by Gasteiger charge is 2.15. The van der Waals surface area contributed by atoms with Crippen molar-refractivity contribution in [3.8, 4) is 11.5 Å². The van der Waals surface area contributed by atoms with E-state index in [1.54, 1.807) is 20.3 Å². The molecule has 0 saturated heterocycles. The van der Waals surface area contributed by atoms with Crippen molar-refractivity contribution in [2.45, 2.75) is 39.5 Å². The molecule has 0 spiro atoms. The fourth-order valence-corrected chi connectivity index (χ4v) is 2.56. The highest BCUT2D eigenvalue weighted by Crippen LogP contribution is 2.34. The summed E-state index contributed by atoms with van der Waals surface area (Å²) >= 11 is 6.15. The molecule has 1 aromatic carbocycles. The molecule has 0 aliphatic rings. The molecule has 112 valence electrons. The van der Waals surface area contributed by atoms with Gasteiger partial charge in [0.15, 0.2) is 0 Å². The van der Waals surface area contributed by atoms with Crippen molar-refractivity contribution in [3.63, 3.8) is 0 Å². The molecular formula is C16H23ClO3. The lowest BCUT2D eigenvalue weighted by Gasteiger charge is -2.15. The van der Waals surface area contributed by atoms with Crippen LogP contribution in [0.5, 0.6) is 11.5 Å². The van der Waals surface area contributed by atoms with Crippen LogP contribution in [0.15, 0.2) is 12.1 Å². The number of halogens is 1. The number of Topliss-reactive ketones (excluding diaryl/α,β-unsaturated/α-hetero) is 1.